The van der Waals surface area contributed by atoms with E-state index < -0.39 is 10.1 Å². The van der Waals surface area contributed by atoms with E-state index >= 15 is 0 Å². The molecule has 0 aliphatic carbocycles. The third kappa shape index (κ3) is 5.94. The van der Waals surface area contributed by atoms with Gasteiger partial charge in [-0.2, -0.15) is 13.7 Å². The number of ether oxygens (including phenoxy) is 1. The Hall–Kier alpha value is -3.83. The molecular formula is C26H26N2O5S. The number of benzene rings is 3. The maximum absolute atomic E-state index is 13.2. The number of anilines is 1. The second-order valence-electron chi connectivity index (χ2n) is 7.62. The highest BCUT2D eigenvalue weighted by Crippen LogP contribution is 2.25. The molecule has 0 atom stereocenters. The molecule has 0 saturated carbocycles. The molecule has 0 saturated heterocycles. The van der Waals surface area contributed by atoms with Crippen LogP contribution >= 0.6 is 0 Å². The van der Waals surface area contributed by atoms with Crippen molar-refractivity contribution in [1.82, 2.24) is 0 Å². The van der Waals surface area contributed by atoms with Crippen molar-refractivity contribution in [2.45, 2.75) is 32.1 Å². The van der Waals surface area contributed by atoms with E-state index in [2.05, 4.69) is 6.07 Å². The van der Waals surface area contributed by atoms with Gasteiger partial charge in [-0.25, -0.2) is 0 Å². The Balaban J connectivity index is 1.81. The summed E-state index contributed by atoms with van der Waals surface area (Å²) in [6.07, 6.45) is 0.161. The standard InChI is InChI=1S/C26H26N2O5S/c1-4-32-23-14-10-22(11-15-23)28(17-5-16-27)26(29)21-8-12-24(13-9-21)33-34(30,31)25-18-19(2)6-7-20(25)3/h6-15,18H,4-5,17H2,1-3H3. The maximum atomic E-state index is 13.2. The van der Waals surface area contributed by atoms with E-state index in [1.165, 1.54) is 29.2 Å². The van der Waals surface area contributed by atoms with Crippen molar-refractivity contribution >= 4 is 21.7 Å². The number of nitriles is 1. The number of nitrogens with zero attached hydrogens (tertiary/aromatic N) is 2. The lowest BCUT2D eigenvalue weighted by Gasteiger charge is -2.22. The van der Waals surface area contributed by atoms with E-state index in [9.17, 15) is 13.2 Å². The van der Waals surface area contributed by atoms with E-state index in [-0.39, 0.29) is 29.5 Å². The van der Waals surface area contributed by atoms with Gasteiger partial charge in [0, 0.05) is 17.8 Å². The van der Waals surface area contributed by atoms with E-state index in [1.54, 1.807) is 50.2 Å². The lowest BCUT2D eigenvalue weighted by molar-refractivity contribution is 0.0987. The van der Waals surface area contributed by atoms with Gasteiger partial charge in [-0.05, 0) is 86.5 Å². The van der Waals surface area contributed by atoms with Crippen molar-refractivity contribution in [1.29, 1.82) is 5.26 Å². The normalized spacial score (nSPS) is 10.9. The number of hydrogen-bond donors (Lipinski definition) is 0. The molecular weight excluding hydrogens is 452 g/mol. The van der Waals surface area contributed by atoms with Crippen LogP contribution in [-0.2, 0) is 10.1 Å². The van der Waals surface area contributed by atoms with Crippen LogP contribution in [0.2, 0.25) is 0 Å². The van der Waals surface area contributed by atoms with E-state index in [0.717, 1.165) is 5.56 Å². The second-order valence-corrected chi connectivity index (χ2v) is 9.14. The van der Waals surface area contributed by atoms with E-state index in [4.69, 9.17) is 14.2 Å². The van der Waals surface area contributed by atoms with Crippen LogP contribution in [0.25, 0.3) is 0 Å². The summed E-state index contributed by atoms with van der Waals surface area (Å²) in [4.78, 5) is 14.8. The Bertz CT molecular complexity index is 1290. The van der Waals surface area contributed by atoms with Gasteiger partial charge in [0.05, 0.1) is 19.1 Å². The zero-order chi connectivity index (χ0) is 24.7. The molecule has 0 heterocycles. The first-order chi connectivity index (χ1) is 16.2. The fraction of sp³-hybridized carbons (Fsp3) is 0.231. The molecule has 0 spiro atoms. The Kier molecular flexibility index (Phi) is 7.92. The molecule has 7 nitrogen and oxygen atoms in total. The smallest absolute Gasteiger partial charge is 0.339 e. The van der Waals surface area contributed by atoms with Crippen LogP contribution in [-0.4, -0.2) is 27.5 Å². The summed E-state index contributed by atoms with van der Waals surface area (Å²) in [7, 11) is -4.02. The number of carbonyl (C=O) groups excluding carboxylic acids is 1. The van der Waals surface area contributed by atoms with Crippen molar-refractivity contribution in [3.8, 4) is 17.6 Å². The molecule has 0 aliphatic heterocycles. The summed E-state index contributed by atoms with van der Waals surface area (Å²) in [5.41, 5.74) is 2.35. The highest BCUT2D eigenvalue weighted by molar-refractivity contribution is 7.87. The summed E-state index contributed by atoms with van der Waals surface area (Å²) in [6.45, 7) is 6.14. The fourth-order valence-corrected chi connectivity index (χ4v) is 4.60. The molecule has 0 aromatic heterocycles. The molecule has 8 heteroatoms. The molecule has 0 unspecified atom stereocenters. The fourth-order valence-electron chi connectivity index (χ4n) is 3.36. The van der Waals surface area contributed by atoms with Crippen LogP contribution in [0.3, 0.4) is 0 Å². The molecule has 176 valence electrons. The minimum atomic E-state index is -4.02. The van der Waals surface area contributed by atoms with Gasteiger partial charge in [0.15, 0.2) is 0 Å². The Morgan fingerprint density at radius 1 is 0.971 bits per heavy atom. The molecule has 0 N–H and O–H groups in total. The molecule has 34 heavy (non-hydrogen) atoms. The molecule has 3 aromatic carbocycles. The highest BCUT2D eigenvalue weighted by Gasteiger charge is 2.21. The Morgan fingerprint density at radius 2 is 1.62 bits per heavy atom. The van der Waals surface area contributed by atoms with Crippen LogP contribution in [0.5, 0.6) is 11.5 Å². The first-order valence-electron chi connectivity index (χ1n) is 10.8. The third-order valence-corrected chi connectivity index (χ3v) is 6.46. The van der Waals surface area contributed by atoms with Gasteiger partial charge in [0.1, 0.15) is 16.4 Å². The van der Waals surface area contributed by atoms with Crippen molar-refractivity contribution in [2.24, 2.45) is 0 Å². The summed E-state index contributed by atoms with van der Waals surface area (Å²) in [6, 6.07) is 20.1. The first-order valence-corrected chi connectivity index (χ1v) is 12.2. The van der Waals surface area contributed by atoms with Gasteiger partial charge in [0.2, 0.25) is 0 Å². The van der Waals surface area contributed by atoms with Crippen LogP contribution in [0.1, 0.15) is 34.8 Å². The number of rotatable bonds is 9. The zero-order valence-corrected chi connectivity index (χ0v) is 20.1. The van der Waals surface area contributed by atoms with Crippen LogP contribution in [0.4, 0.5) is 5.69 Å². The van der Waals surface area contributed by atoms with Gasteiger partial charge in [0.25, 0.3) is 5.91 Å². The molecule has 0 radical (unpaired) electrons. The van der Waals surface area contributed by atoms with Gasteiger partial charge in [-0.3, -0.25) is 4.79 Å². The number of hydrogen-bond acceptors (Lipinski definition) is 6. The van der Waals surface area contributed by atoms with Crippen LogP contribution in [0, 0.1) is 25.2 Å². The first kappa shape index (κ1) is 24.8. The third-order valence-electron chi connectivity index (χ3n) is 5.07. The molecule has 0 aliphatic rings. The van der Waals surface area contributed by atoms with Crippen LogP contribution in [0.15, 0.2) is 71.6 Å². The Morgan fingerprint density at radius 3 is 2.24 bits per heavy atom. The highest BCUT2D eigenvalue weighted by atomic mass is 32.2. The molecule has 0 fully saturated rings. The summed E-state index contributed by atoms with van der Waals surface area (Å²) < 4.78 is 36.2. The maximum Gasteiger partial charge on any atom is 0.339 e. The predicted molar refractivity (Wildman–Crippen MR) is 130 cm³/mol. The summed E-state index contributed by atoms with van der Waals surface area (Å²) >= 11 is 0. The SMILES string of the molecule is CCOc1ccc(N(CCC#N)C(=O)c2ccc(OS(=O)(=O)c3cc(C)ccc3C)cc2)cc1. The number of aryl methyl sites for hydroxylation is 2. The average Bonchev–Trinajstić information content (AvgIpc) is 2.82. The minimum absolute atomic E-state index is 0.0992. The van der Waals surface area contributed by atoms with Crippen molar-refractivity contribution in [3.05, 3.63) is 83.4 Å². The van der Waals surface area contributed by atoms with E-state index in [1.807, 2.05) is 13.0 Å². The largest absolute Gasteiger partial charge is 0.494 e. The summed E-state index contributed by atoms with van der Waals surface area (Å²) in [5, 5.41) is 9.02. The quantitative estimate of drug-likeness (QED) is 0.400. The van der Waals surface area contributed by atoms with Gasteiger partial charge >= 0.3 is 10.1 Å². The predicted octanol–water partition coefficient (Wildman–Crippen LogP) is 5.03. The average molecular weight is 479 g/mol. The van der Waals surface area contributed by atoms with Crippen molar-refractivity contribution < 1.29 is 22.1 Å². The molecule has 0 bridgehead atoms. The Labute approximate surface area is 200 Å². The molecule has 3 rings (SSSR count). The van der Waals surface area contributed by atoms with Crippen LogP contribution < -0.4 is 13.8 Å². The topological polar surface area (TPSA) is 96.7 Å². The monoisotopic (exact) mass is 478 g/mol. The second kappa shape index (κ2) is 10.9. The van der Waals surface area contributed by atoms with Gasteiger partial charge < -0.3 is 13.8 Å². The van der Waals surface area contributed by atoms with Crippen molar-refractivity contribution in [3.63, 3.8) is 0 Å². The molecule has 1 amide bonds. The lowest BCUT2D eigenvalue weighted by Crippen LogP contribution is -2.31. The van der Waals surface area contributed by atoms with Gasteiger partial charge in [-0.1, -0.05) is 12.1 Å². The van der Waals surface area contributed by atoms with E-state index in [0.29, 0.717) is 29.2 Å². The number of amides is 1. The van der Waals surface area contributed by atoms with Gasteiger partial charge in [-0.15, -0.1) is 0 Å². The lowest BCUT2D eigenvalue weighted by atomic mass is 10.1. The minimum Gasteiger partial charge on any atom is -0.494 e. The number of carbonyl (C=O) groups is 1. The zero-order valence-electron chi connectivity index (χ0n) is 19.3. The summed E-state index contributed by atoms with van der Waals surface area (Å²) in [5.74, 6) is 0.468. The van der Waals surface area contributed by atoms with Crippen molar-refractivity contribution in [2.75, 3.05) is 18.1 Å². The molecule has 3 aromatic rings.